The molecule has 1 aliphatic rings. The number of anilines is 2. The van der Waals surface area contributed by atoms with Gasteiger partial charge in [-0.05, 0) is 43.9 Å². The predicted octanol–water partition coefficient (Wildman–Crippen LogP) is 3.73. The van der Waals surface area contributed by atoms with Crippen molar-refractivity contribution in [2.24, 2.45) is 0 Å². The SMILES string of the molecule is Cc1ccc(C)c(NC(=O)c2cnc(N3CCCCCC3)nc2)c1. The van der Waals surface area contributed by atoms with Crippen molar-refractivity contribution >= 4 is 17.5 Å². The maximum absolute atomic E-state index is 12.4. The second-order valence-electron chi connectivity index (χ2n) is 6.45. The Morgan fingerprint density at radius 3 is 2.38 bits per heavy atom. The Morgan fingerprint density at radius 1 is 1.04 bits per heavy atom. The normalized spacial score (nSPS) is 15.0. The van der Waals surface area contributed by atoms with Gasteiger partial charge < -0.3 is 10.2 Å². The van der Waals surface area contributed by atoms with E-state index in [0.29, 0.717) is 5.56 Å². The Bertz CT molecular complexity index is 704. The van der Waals surface area contributed by atoms with Crippen molar-refractivity contribution in [1.29, 1.82) is 0 Å². The Morgan fingerprint density at radius 2 is 1.71 bits per heavy atom. The molecule has 1 amide bonds. The van der Waals surface area contributed by atoms with Crippen molar-refractivity contribution in [1.82, 2.24) is 9.97 Å². The minimum Gasteiger partial charge on any atom is -0.341 e. The highest BCUT2D eigenvalue weighted by atomic mass is 16.1. The Hall–Kier alpha value is -2.43. The topological polar surface area (TPSA) is 58.1 Å². The van der Waals surface area contributed by atoms with E-state index in [4.69, 9.17) is 0 Å². The van der Waals surface area contributed by atoms with Crippen molar-refractivity contribution in [2.75, 3.05) is 23.3 Å². The largest absolute Gasteiger partial charge is 0.341 e. The molecule has 0 saturated carbocycles. The summed E-state index contributed by atoms with van der Waals surface area (Å²) >= 11 is 0. The summed E-state index contributed by atoms with van der Waals surface area (Å²) in [6.45, 7) is 5.98. The lowest BCUT2D eigenvalue weighted by Gasteiger charge is -2.19. The van der Waals surface area contributed by atoms with Gasteiger partial charge in [-0.25, -0.2) is 9.97 Å². The molecule has 0 spiro atoms. The monoisotopic (exact) mass is 324 g/mol. The van der Waals surface area contributed by atoms with Crippen LogP contribution in [0.5, 0.6) is 0 Å². The summed E-state index contributed by atoms with van der Waals surface area (Å²) in [6, 6.07) is 6.01. The minimum atomic E-state index is -0.175. The average molecular weight is 324 g/mol. The van der Waals surface area contributed by atoms with Crippen LogP contribution in [0.4, 0.5) is 11.6 Å². The fraction of sp³-hybridized carbons (Fsp3) is 0.421. The fourth-order valence-corrected chi connectivity index (χ4v) is 2.94. The van der Waals surface area contributed by atoms with E-state index in [2.05, 4.69) is 20.2 Å². The first-order chi connectivity index (χ1) is 11.6. The number of amides is 1. The summed E-state index contributed by atoms with van der Waals surface area (Å²) in [4.78, 5) is 23.4. The smallest absolute Gasteiger partial charge is 0.258 e. The third-order valence-corrected chi connectivity index (χ3v) is 4.43. The molecular weight excluding hydrogens is 300 g/mol. The van der Waals surface area contributed by atoms with E-state index in [0.717, 1.165) is 35.9 Å². The van der Waals surface area contributed by atoms with Crippen LogP contribution < -0.4 is 10.2 Å². The molecule has 24 heavy (non-hydrogen) atoms. The molecule has 1 aromatic heterocycles. The predicted molar refractivity (Wildman–Crippen MR) is 96.6 cm³/mol. The summed E-state index contributed by atoms with van der Waals surface area (Å²) in [5, 5.41) is 2.94. The molecule has 0 aliphatic carbocycles. The van der Waals surface area contributed by atoms with E-state index in [1.165, 1.54) is 25.7 Å². The van der Waals surface area contributed by atoms with Crippen LogP contribution in [0.2, 0.25) is 0 Å². The number of nitrogens with one attached hydrogen (secondary N) is 1. The van der Waals surface area contributed by atoms with E-state index in [1.807, 2.05) is 32.0 Å². The first kappa shape index (κ1) is 16.4. The summed E-state index contributed by atoms with van der Waals surface area (Å²) in [5.74, 6) is 0.548. The zero-order valence-electron chi connectivity index (χ0n) is 14.4. The van der Waals surface area contributed by atoms with Crippen molar-refractivity contribution < 1.29 is 4.79 Å². The third-order valence-electron chi connectivity index (χ3n) is 4.43. The number of aryl methyl sites for hydroxylation is 2. The van der Waals surface area contributed by atoms with Gasteiger partial charge in [0.15, 0.2) is 0 Å². The van der Waals surface area contributed by atoms with Gasteiger partial charge in [-0.1, -0.05) is 25.0 Å². The van der Waals surface area contributed by atoms with Crippen LogP contribution >= 0.6 is 0 Å². The van der Waals surface area contributed by atoms with Gasteiger partial charge in [0.2, 0.25) is 5.95 Å². The molecule has 0 radical (unpaired) electrons. The quantitative estimate of drug-likeness (QED) is 0.934. The molecule has 0 atom stereocenters. The van der Waals surface area contributed by atoms with E-state index < -0.39 is 0 Å². The number of aromatic nitrogens is 2. The summed E-state index contributed by atoms with van der Waals surface area (Å²) in [5.41, 5.74) is 3.46. The van der Waals surface area contributed by atoms with Crippen LogP contribution in [0.25, 0.3) is 0 Å². The first-order valence-electron chi connectivity index (χ1n) is 8.59. The molecule has 3 rings (SSSR count). The number of rotatable bonds is 3. The van der Waals surface area contributed by atoms with E-state index in [9.17, 15) is 4.79 Å². The fourth-order valence-electron chi connectivity index (χ4n) is 2.94. The van der Waals surface area contributed by atoms with Gasteiger partial charge in [-0.3, -0.25) is 4.79 Å². The molecule has 126 valence electrons. The van der Waals surface area contributed by atoms with Crippen LogP contribution in [-0.2, 0) is 0 Å². The molecular formula is C19H24N4O. The molecule has 1 N–H and O–H groups in total. The molecule has 1 saturated heterocycles. The second kappa shape index (κ2) is 7.43. The van der Waals surface area contributed by atoms with Crippen molar-refractivity contribution in [3.8, 4) is 0 Å². The van der Waals surface area contributed by atoms with Gasteiger partial charge in [0.05, 0.1) is 5.56 Å². The molecule has 5 heteroatoms. The molecule has 2 aromatic rings. The maximum atomic E-state index is 12.4. The molecule has 2 heterocycles. The van der Waals surface area contributed by atoms with Gasteiger partial charge >= 0.3 is 0 Å². The van der Waals surface area contributed by atoms with Gasteiger partial charge in [-0.2, -0.15) is 0 Å². The van der Waals surface area contributed by atoms with Crippen molar-refractivity contribution in [3.05, 3.63) is 47.3 Å². The standard InChI is InChI=1S/C19H24N4O/c1-14-7-8-15(2)17(11-14)22-18(24)16-12-20-19(21-13-16)23-9-5-3-4-6-10-23/h7-8,11-13H,3-6,9-10H2,1-2H3,(H,22,24). The highest BCUT2D eigenvalue weighted by Crippen LogP contribution is 2.18. The minimum absolute atomic E-state index is 0.175. The first-order valence-corrected chi connectivity index (χ1v) is 8.59. The third kappa shape index (κ3) is 3.91. The lowest BCUT2D eigenvalue weighted by molar-refractivity contribution is 0.102. The maximum Gasteiger partial charge on any atom is 0.258 e. The van der Waals surface area contributed by atoms with Gasteiger partial charge in [-0.15, -0.1) is 0 Å². The van der Waals surface area contributed by atoms with Gasteiger partial charge in [0.25, 0.3) is 5.91 Å². The Labute approximate surface area is 143 Å². The van der Waals surface area contributed by atoms with Crippen molar-refractivity contribution in [2.45, 2.75) is 39.5 Å². The number of carbonyl (C=O) groups excluding carboxylic acids is 1. The van der Waals surface area contributed by atoms with Gasteiger partial charge in [0.1, 0.15) is 0 Å². The van der Waals surface area contributed by atoms with Crippen LogP contribution in [0.1, 0.15) is 47.2 Å². The van der Waals surface area contributed by atoms with E-state index >= 15 is 0 Å². The van der Waals surface area contributed by atoms with Crippen LogP contribution in [0.15, 0.2) is 30.6 Å². The van der Waals surface area contributed by atoms with Gasteiger partial charge in [0, 0.05) is 31.2 Å². The van der Waals surface area contributed by atoms with Crippen LogP contribution in [0, 0.1) is 13.8 Å². The summed E-state index contributed by atoms with van der Waals surface area (Å²) < 4.78 is 0. The summed E-state index contributed by atoms with van der Waals surface area (Å²) in [7, 11) is 0. The molecule has 5 nitrogen and oxygen atoms in total. The highest BCUT2D eigenvalue weighted by molar-refractivity contribution is 6.04. The lowest BCUT2D eigenvalue weighted by atomic mass is 10.1. The number of benzene rings is 1. The lowest BCUT2D eigenvalue weighted by Crippen LogP contribution is -2.26. The molecule has 1 fully saturated rings. The Kier molecular flexibility index (Phi) is 5.08. The number of carbonyl (C=O) groups is 1. The molecule has 1 aliphatic heterocycles. The highest BCUT2D eigenvalue weighted by Gasteiger charge is 2.14. The van der Waals surface area contributed by atoms with E-state index in [-0.39, 0.29) is 5.91 Å². The second-order valence-corrected chi connectivity index (χ2v) is 6.45. The number of nitrogens with zero attached hydrogens (tertiary/aromatic N) is 3. The summed E-state index contributed by atoms with van der Waals surface area (Å²) in [6.07, 6.45) is 8.14. The average Bonchev–Trinajstić information content (AvgIpc) is 2.87. The zero-order chi connectivity index (χ0) is 16.9. The van der Waals surface area contributed by atoms with Crippen molar-refractivity contribution in [3.63, 3.8) is 0 Å². The van der Waals surface area contributed by atoms with Crippen LogP contribution in [-0.4, -0.2) is 29.0 Å². The zero-order valence-corrected chi connectivity index (χ0v) is 14.4. The molecule has 1 aromatic carbocycles. The molecule has 0 unspecified atom stereocenters. The molecule has 0 bridgehead atoms. The number of hydrogen-bond donors (Lipinski definition) is 1. The Balaban J connectivity index is 1.70. The number of hydrogen-bond acceptors (Lipinski definition) is 4. The van der Waals surface area contributed by atoms with Crippen LogP contribution in [0.3, 0.4) is 0 Å². The van der Waals surface area contributed by atoms with E-state index in [1.54, 1.807) is 12.4 Å².